The van der Waals surface area contributed by atoms with Gasteiger partial charge in [-0.05, 0) is 25.1 Å². The van der Waals surface area contributed by atoms with Crippen molar-refractivity contribution < 1.29 is 12.6 Å². The van der Waals surface area contributed by atoms with E-state index in [2.05, 4.69) is 4.98 Å². The monoisotopic (exact) mass is 429 g/mol. The summed E-state index contributed by atoms with van der Waals surface area (Å²) in [5, 5.41) is 0.617. The number of hydrogen-bond acceptors (Lipinski definition) is 6. The molecule has 0 aliphatic rings. The van der Waals surface area contributed by atoms with Crippen molar-refractivity contribution >= 4 is 44.2 Å². The van der Waals surface area contributed by atoms with E-state index in [1.54, 1.807) is 19.1 Å². The molecule has 3 rings (SSSR count). The number of aryl methyl sites for hydroxylation is 2. The second-order valence-electron chi connectivity index (χ2n) is 5.81. The number of nitrogens with zero attached hydrogens (tertiary/aromatic N) is 3. The average molecular weight is 430 g/mol. The van der Waals surface area contributed by atoms with Gasteiger partial charge in [-0.15, -0.1) is 0 Å². The fourth-order valence-electron chi connectivity index (χ4n) is 2.47. The number of benzene rings is 1. The summed E-state index contributed by atoms with van der Waals surface area (Å²) in [6.45, 7) is 1.70. The molecular weight excluding hydrogens is 417 g/mol. The minimum absolute atomic E-state index is 0.0872. The predicted octanol–water partition coefficient (Wildman–Crippen LogP) is 2.02. The van der Waals surface area contributed by atoms with E-state index in [4.69, 9.17) is 27.4 Å². The minimum atomic E-state index is -4.61. The smallest absolute Gasteiger partial charge is 0.346 e. The minimum Gasteiger partial charge on any atom is -0.375 e. The molecule has 142 valence electrons. The van der Waals surface area contributed by atoms with Gasteiger partial charge in [0.2, 0.25) is 0 Å². The molecule has 0 aliphatic heterocycles. The third-order valence-corrected chi connectivity index (χ3v) is 5.65. The van der Waals surface area contributed by atoms with Crippen LogP contribution in [0.15, 0.2) is 38.9 Å². The van der Waals surface area contributed by atoms with E-state index in [0.717, 1.165) is 10.8 Å². The van der Waals surface area contributed by atoms with Gasteiger partial charge in [0.25, 0.3) is 5.56 Å². The Morgan fingerprint density at radius 3 is 2.44 bits per heavy atom. The van der Waals surface area contributed by atoms with Crippen molar-refractivity contribution in [3.05, 3.63) is 61.0 Å². The second-order valence-corrected chi connectivity index (χ2v) is 8.14. The first-order chi connectivity index (χ1) is 12.5. The van der Waals surface area contributed by atoms with E-state index in [-0.39, 0.29) is 21.3 Å². The molecule has 0 radical (unpaired) electrons. The van der Waals surface area contributed by atoms with Gasteiger partial charge < -0.3 is 8.75 Å². The van der Waals surface area contributed by atoms with Crippen LogP contribution in [0.5, 0.6) is 5.75 Å². The van der Waals surface area contributed by atoms with E-state index in [1.807, 2.05) is 0 Å². The van der Waals surface area contributed by atoms with E-state index >= 15 is 0 Å². The molecule has 0 N–H and O–H groups in total. The molecule has 0 unspecified atom stereocenters. The SMILES string of the molecule is Cc1ccc2c(Cl)cc(Cl)c(OS(=O)(=O)c3cn(C)c(=O)n(C)c3=O)c2n1. The zero-order valence-corrected chi connectivity index (χ0v) is 16.7. The second kappa shape index (κ2) is 6.66. The van der Waals surface area contributed by atoms with Crippen LogP contribution in [-0.2, 0) is 24.2 Å². The lowest BCUT2D eigenvalue weighted by Gasteiger charge is -2.13. The maximum absolute atomic E-state index is 12.7. The third-order valence-electron chi connectivity index (χ3n) is 3.85. The molecule has 11 heteroatoms. The Kier molecular flexibility index (Phi) is 4.79. The van der Waals surface area contributed by atoms with Crippen LogP contribution in [0.1, 0.15) is 5.69 Å². The van der Waals surface area contributed by atoms with Crippen LogP contribution in [0.2, 0.25) is 10.0 Å². The quantitative estimate of drug-likeness (QED) is 0.590. The van der Waals surface area contributed by atoms with Gasteiger partial charge in [-0.3, -0.25) is 9.36 Å². The first-order valence-corrected chi connectivity index (χ1v) is 9.66. The lowest BCUT2D eigenvalue weighted by atomic mass is 10.2. The van der Waals surface area contributed by atoms with Gasteiger partial charge in [0.1, 0.15) is 5.52 Å². The van der Waals surface area contributed by atoms with Crippen molar-refractivity contribution in [1.29, 1.82) is 0 Å². The average Bonchev–Trinajstić information content (AvgIpc) is 2.59. The van der Waals surface area contributed by atoms with Gasteiger partial charge in [0.15, 0.2) is 10.6 Å². The molecule has 0 amide bonds. The molecule has 27 heavy (non-hydrogen) atoms. The van der Waals surface area contributed by atoms with Gasteiger partial charge in [-0.2, -0.15) is 8.42 Å². The van der Waals surface area contributed by atoms with Crippen LogP contribution in [-0.4, -0.2) is 22.5 Å². The standard InChI is InChI=1S/C16H13Cl2N3O5S/c1-8-4-5-9-10(17)6-11(18)14(13(9)19-8)26-27(24,25)12-7-20(2)16(23)21(3)15(12)22/h4-7H,1-3H3. The number of rotatable bonds is 3. The molecule has 0 aliphatic carbocycles. The highest BCUT2D eigenvalue weighted by Crippen LogP contribution is 2.38. The van der Waals surface area contributed by atoms with Crippen molar-refractivity contribution in [2.45, 2.75) is 11.8 Å². The van der Waals surface area contributed by atoms with Crippen molar-refractivity contribution in [2.24, 2.45) is 14.1 Å². The maximum atomic E-state index is 12.7. The first-order valence-electron chi connectivity index (χ1n) is 7.49. The van der Waals surface area contributed by atoms with Crippen LogP contribution in [0.4, 0.5) is 0 Å². The van der Waals surface area contributed by atoms with Gasteiger partial charge >= 0.3 is 15.8 Å². The van der Waals surface area contributed by atoms with Crippen molar-refractivity contribution in [2.75, 3.05) is 0 Å². The summed E-state index contributed by atoms with van der Waals surface area (Å²) >= 11 is 12.3. The molecule has 0 saturated heterocycles. The molecule has 0 bridgehead atoms. The normalized spacial score (nSPS) is 11.7. The maximum Gasteiger partial charge on any atom is 0.346 e. The summed E-state index contributed by atoms with van der Waals surface area (Å²) < 4.78 is 32.3. The van der Waals surface area contributed by atoms with Gasteiger partial charge in [-0.25, -0.2) is 9.78 Å². The predicted molar refractivity (Wildman–Crippen MR) is 101 cm³/mol. The summed E-state index contributed by atoms with van der Waals surface area (Å²) in [4.78, 5) is 27.6. The highest BCUT2D eigenvalue weighted by Gasteiger charge is 2.26. The van der Waals surface area contributed by atoms with E-state index < -0.39 is 26.3 Å². The van der Waals surface area contributed by atoms with Crippen molar-refractivity contribution in [3.63, 3.8) is 0 Å². The highest BCUT2D eigenvalue weighted by molar-refractivity contribution is 7.87. The molecular formula is C16H13Cl2N3O5S. The van der Waals surface area contributed by atoms with Crippen LogP contribution in [0.25, 0.3) is 10.9 Å². The lowest BCUT2D eigenvalue weighted by Crippen LogP contribution is -2.39. The van der Waals surface area contributed by atoms with Gasteiger partial charge in [0.05, 0.1) is 10.0 Å². The molecule has 0 spiro atoms. The van der Waals surface area contributed by atoms with Crippen molar-refractivity contribution in [3.8, 4) is 5.75 Å². The Morgan fingerprint density at radius 2 is 1.78 bits per heavy atom. The molecule has 2 heterocycles. The number of pyridine rings is 1. The van der Waals surface area contributed by atoms with Gasteiger partial charge in [0, 0.05) is 31.4 Å². The molecule has 8 nitrogen and oxygen atoms in total. The fraction of sp³-hybridized carbons (Fsp3) is 0.188. The van der Waals surface area contributed by atoms with Crippen LogP contribution < -0.4 is 15.4 Å². The Balaban J connectivity index is 2.26. The van der Waals surface area contributed by atoms with E-state index in [9.17, 15) is 18.0 Å². The van der Waals surface area contributed by atoms with E-state index in [1.165, 1.54) is 20.2 Å². The zero-order valence-electron chi connectivity index (χ0n) is 14.4. The molecule has 0 atom stereocenters. The Morgan fingerprint density at radius 1 is 1.11 bits per heavy atom. The van der Waals surface area contributed by atoms with Crippen LogP contribution >= 0.6 is 23.2 Å². The van der Waals surface area contributed by atoms with Crippen molar-refractivity contribution in [1.82, 2.24) is 14.1 Å². The number of aromatic nitrogens is 3. The highest BCUT2D eigenvalue weighted by atomic mass is 35.5. The number of hydrogen-bond donors (Lipinski definition) is 0. The molecule has 3 aromatic rings. The van der Waals surface area contributed by atoms with E-state index in [0.29, 0.717) is 15.6 Å². The number of fused-ring (bicyclic) bond motifs is 1. The fourth-order valence-corrected chi connectivity index (χ4v) is 4.19. The van der Waals surface area contributed by atoms with Crippen LogP contribution in [0, 0.1) is 6.92 Å². The molecule has 0 fully saturated rings. The first kappa shape index (κ1) is 19.4. The number of halogens is 2. The summed E-state index contributed by atoms with van der Waals surface area (Å²) in [5.41, 5.74) is -0.971. The van der Waals surface area contributed by atoms with Crippen LogP contribution in [0.3, 0.4) is 0 Å². The Hall–Kier alpha value is -2.36. The Labute approximate surface area is 163 Å². The largest absolute Gasteiger partial charge is 0.375 e. The summed E-state index contributed by atoms with van der Waals surface area (Å²) in [7, 11) is -2.12. The topological polar surface area (TPSA) is 100 Å². The molecule has 1 aromatic carbocycles. The Bertz CT molecular complexity index is 1310. The molecule has 0 saturated carbocycles. The zero-order chi connectivity index (χ0) is 20.1. The third kappa shape index (κ3) is 3.33. The summed E-state index contributed by atoms with van der Waals surface area (Å²) in [6.07, 6.45) is 0.894. The summed E-state index contributed by atoms with van der Waals surface area (Å²) in [5.74, 6) is -0.254. The van der Waals surface area contributed by atoms with Gasteiger partial charge in [-0.1, -0.05) is 23.2 Å². The molecule has 2 aromatic heterocycles. The summed E-state index contributed by atoms with van der Waals surface area (Å²) in [6, 6.07) is 4.68. The lowest BCUT2D eigenvalue weighted by molar-refractivity contribution is 0.482.